The summed E-state index contributed by atoms with van der Waals surface area (Å²) in [6.07, 6.45) is 10.4. The maximum atomic E-state index is 15.7. The Morgan fingerprint density at radius 3 is 2.42 bits per heavy atom. The summed E-state index contributed by atoms with van der Waals surface area (Å²) in [5.74, 6) is 2.38. The number of nitrogens with zero attached hydrogens (tertiary/aromatic N) is 4. The van der Waals surface area contributed by atoms with Crippen molar-refractivity contribution in [3.8, 4) is 6.07 Å². The zero-order chi connectivity index (χ0) is 27.4. The molecule has 1 amide bonds. The molecule has 2 heterocycles. The highest BCUT2D eigenvalue weighted by atomic mass is 19.1. The van der Waals surface area contributed by atoms with E-state index in [9.17, 15) is 4.79 Å². The van der Waals surface area contributed by atoms with Gasteiger partial charge in [0.05, 0.1) is 29.3 Å². The Kier molecular flexibility index (Phi) is 6.10. The molecular weight excluding hydrogens is 501 g/mol. The Hall–Kier alpha value is -3.79. The van der Waals surface area contributed by atoms with E-state index in [0.29, 0.717) is 28.2 Å². The lowest BCUT2D eigenvalue weighted by atomic mass is 9.53. The fourth-order valence-electron chi connectivity index (χ4n) is 8.16. The molecular formula is C33H34FN5O. The van der Waals surface area contributed by atoms with Gasteiger partial charge in [-0.2, -0.15) is 5.26 Å². The summed E-state index contributed by atoms with van der Waals surface area (Å²) in [7, 11) is 0. The number of aryl methyl sites for hydroxylation is 1. The number of hydrogen-bond acceptors (Lipinski definition) is 4. The second kappa shape index (κ2) is 9.69. The van der Waals surface area contributed by atoms with Gasteiger partial charge in [0.1, 0.15) is 11.7 Å². The molecule has 1 N–H and O–H groups in total. The maximum Gasteiger partial charge on any atom is 0.249 e. The van der Waals surface area contributed by atoms with Gasteiger partial charge in [0.2, 0.25) is 5.91 Å². The van der Waals surface area contributed by atoms with Gasteiger partial charge in [-0.3, -0.25) is 20.2 Å². The number of hydrogen-bond donors (Lipinski definition) is 1. The Labute approximate surface area is 234 Å². The number of rotatable bonds is 5. The highest BCUT2D eigenvalue weighted by molar-refractivity contribution is 6.24. The largest absolute Gasteiger partial charge is 0.277 e. The van der Waals surface area contributed by atoms with Crippen LogP contribution in [-0.4, -0.2) is 34.2 Å². The third-order valence-corrected chi connectivity index (χ3v) is 9.50. The molecule has 0 saturated heterocycles. The molecule has 2 aromatic rings. The van der Waals surface area contributed by atoms with Crippen LogP contribution in [0.15, 0.2) is 58.5 Å². The molecule has 7 heteroatoms. The van der Waals surface area contributed by atoms with Crippen LogP contribution in [0, 0.1) is 34.9 Å². The summed E-state index contributed by atoms with van der Waals surface area (Å²) in [4.78, 5) is 23.8. The van der Waals surface area contributed by atoms with Crippen LogP contribution in [0.3, 0.4) is 0 Å². The van der Waals surface area contributed by atoms with Crippen molar-refractivity contribution in [1.82, 2.24) is 10.4 Å². The minimum absolute atomic E-state index is 0.105. The number of amides is 1. The molecule has 0 spiro atoms. The van der Waals surface area contributed by atoms with Crippen LogP contribution in [0.5, 0.6) is 0 Å². The SMILES string of the molecule is CCCc1ccc(C2=CC3N=C(c4ccc(C#N)cc4)CC(=O)N3NC2=NC23CC4CC(CC(C4)C2)C3)c(F)c1. The minimum Gasteiger partial charge on any atom is -0.277 e. The summed E-state index contributed by atoms with van der Waals surface area (Å²) in [5, 5.41) is 10.7. The van der Waals surface area contributed by atoms with Crippen LogP contribution >= 0.6 is 0 Å². The molecule has 4 bridgehead atoms. The van der Waals surface area contributed by atoms with E-state index >= 15 is 4.39 Å². The Morgan fingerprint density at radius 1 is 1.10 bits per heavy atom. The molecule has 40 heavy (non-hydrogen) atoms. The third-order valence-electron chi connectivity index (χ3n) is 9.50. The van der Waals surface area contributed by atoms with Gasteiger partial charge in [-0.15, -0.1) is 0 Å². The molecule has 0 aromatic heterocycles. The molecule has 0 radical (unpaired) electrons. The van der Waals surface area contributed by atoms with Gasteiger partial charge >= 0.3 is 0 Å². The summed E-state index contributed by atoms with van der Waals surface area (Å²) < 4.78 is 15.7. The first kappa shape index (κ1) is 25.2. The fourth-order valence-corrected chi connectivity index (χ4v) is 8.16. The molecule has 1 unspecified atom stereocenters. The monoisotopic (exact) mass is 535 g/mol. The minimum atomic E-state index is -0.619. The molecule has 2 aromatic carbocycles. The summed E-state index contributed by atoms with van der Waals surface area (Å²) in [5.41, 5.74) is 7.36. The number of hydrazine groups is 1. The number of aliphatic imine (C=N–C) groups is 2. The molecule has 4 fully saturated rings. The lowest BCUT2D eigenvalue weighted by Gasteiger charge is -2.55. The van der Waals surface area contributed by atoms with Gasteiger partial charge in [0.15, 0.2) is 6.17 Å². The smallest absolute Gasteiger partial charge is 0.249 e. The number of carbonyl (C=O) groups excluding carboxylic acids is 1. The highest BCUT2D eigenvalue weighted by Gasteiger charge is 2.51. The number of nitrogens with one attached hydrogen (secondary N) is 1. The second-order valence-corrected chi connectivity index (χ2v) is 12.5. The molecule has 8 rings (SSSR count). The van der Waals surface area contributed by atoms with Gasteiger partial charge in [0.25, 0.3) is 0 Å². The normalized spacial score (nSPS) is 31.4. The van der Waals surface area contributed by atoms with Crippen LogP contribution in [0.2, 0.25) is 0 Å². The van der Waals surface area contributed by atoms with Gasteiger partial charge in [-0.1, -0.05) is 37.6 Å². The van der Waals surface area contributed by atoms with Gasteiger partial charge < -0.3 is 0 Å². The van der Waals surface area contributed by atoms with E-state index in [1.165, 1.54) is 19.3 Å². The molecule has 4 saturated carbocycles. The summed E-state index contributed by atoms with van der Waals surface area (Å²) >= 11 is 0. The molecule has 6 nitrogen and oxygen atoms in total. The number of halogens is 1. The average molecular weight is 536 g/mol. The molecule has 2 aliphatic heterocycles. The first-order valence-electron chi connectivity index (χ1n) is 14.7. The maximum absolute atomic E-state index is 15.7. The Balaban J connectivity index is 1.31. The quantitative estimate of drug-likeness (QED) is 0.513. The molecule has 6 aliphatic rings. The predicted octanol–water partition coefficient (Wildman–Crippen LogP) is 5.97. The van der Waals surface area contributed by atoms with Crippen LogP contribution in [0.1, 0.15) is 80.5 Å². The standard InChI is InChI=1S/C33H34FN5O/c1-2-3-20-6-9-26(28(34)13-20)27-14-30-36-29(25-7-4-21(19-35)5-8-25)15-31(40)39(30)38-32(27)37-33-16-22-10-23(17-33)12-24(11-22)18-33/h4-9,13-14,22-24,30H,2-3,10-12,15-18H2,1H3,(H,37,38). The van der Waals surface area contributed by atoms with Gasteiger partial charge in [-0.25, -0.2) is 9.40 Å². The van der Waals surface area contributed by atoms with E-state index in [0.717, 1.165) is 61.0 Å². The zero-order valence-corrected chi connectivity index (χ0v) is 22.9. The van der Waals surface area contributed by atoms with Crippen LogP contribution in [0.25, 0.3) is 5.57 Å². The zero-order valence-electron chi connectivity index (χ0n) is 22.9. The van der Waals surface area contributed by atoms with E-state index in [1.54, 1.807) is 23.2 Å². The fraction of sp³-hybridized carbons (Fsp3) is 0.455. The van der Waals surface area contributed by atoms with Crippen molar-refractivity contribution in [1.29, 1.82) is 5.26 Å². The van der Waals surface area contributed by atoms with E-state index in [-0.39, 0.29) is 23.7 Å². The number of carbonyl (C=O) groups is 1. The van der Waals surface area contributed by atoms with Crippen molar-refractivity contribution in [3.05, 3.63) is 76.6 Å². The van der Waals surface area contributed by atoms with Gasteiger partial charge in [0, 0.05) is 11.1 Å². The van der Waals surface area contributed by atoms with Gasteiger partial charge in [-0.05, 0) is 98.1 Å². The number of amidine groups is 1. The highest BCUT2D eigenvalue weighted by Crippen LogP contribution is 2.57. The summed E-state index contributed by atoms with van der Waals surface area (Å²) in [6.45, 7) is 2.09. The lowest BCUT2D eigenvalue weighted by Crippen LogP contribution is -2.58. The van der Waals surface area contributed by atoms with Crippen LogP contribution < -0.4 is 5.43 Å². The van der Waals surface area contributed by atoms with E-state index < -0.39 is 6.17 Å². The topological polar surface area (TPSA) is 80.8 Å². The van der Waals surface area contributed by atoms with E-state index in [4.69, 9.17) is 15.2 Å². The lowest BCUT2D eigenvalue weighted by molar-refractivity contribution is -0.134. The third kappa shape index (κ3) is 4.44. The Morgan fingerprint density at radius 2 is 1.80 bits per heavy atom. The van der Waals surface area contributed by atoms with Crippen LogP contribution in [0.4, 0.5) is 4.39 Å². The first-order chi connectivity index (χ1) is 19.4. The number of nitriles is 1. The second-order valence-electron chi connectivity index (χ2n) is 12.5. The van der Waals surface area contributed by atoms with Crippen molar-refractivity contribution in [2.45, 2.75) is 76.4 Å². The average Bonchev–Trinajstić information content (AvgIpc) is 2.92. The predicted molar refractivity (Wildman–Crippen MR) is 153 cm³/mol. The van der Waals surface area contributed by atoms with Crippen LogP contribution in [-0.2, 0) is 11.2 Å². The van der Waals surface area contributed by atoms with Crippen molar-refractivity contribution < 1.29 is 9.18 Å². The van der Waals surface area contributed by atoms with E-state index in [1.807, 2.05) is 30.3 Å². The molecule has 1 atom stereocenters. The Bertz CT molecular complexity index is 1460. The molecule has 204 valence electrons. The molecule has 4 aliphatic carbocycles. The first-order valence-corrected chi connectivity index (χ1v) is 14.7. The number of benzene rings is 2. The van der Waals surface area contributed by atoms with E-state index in [2.05, 4.69) is 18.4 Å². The van der Waals surface area contributed by atoms with Crippen molar-refractivity contribution in [3.63, 3.8) is 0 Å². The number of fused-ring (bicyclic) bond motifs is 1. The van der Waals surface area contributed by atoms with Crippen molar-refractivity contribution >= 4 is 23.0 Å². The summed E-state index contributed by atoms with van der Waals surface area (Å²) in [6, 6.07) is 14.7. The van der Waals surface area contributed by atoms with Crippen molar-refractivity contribution in [2.24, 2.45) is 27.7 Å². The van der Waals surface area contributed by atoms with Crippen molar-refractivity contribution in [2.75, 3.05) is 0 Å².